The second-order valence-corrected chi connectivity index (χ2v) is 4.70. The predicted octanol–water partition coefficient (Wildman–Crippen LogP) is 1.97. The van der Waals surface area contributed by atoms with Crippen LogP contribution in [0.1, 0.15) is 48.7 Å². The second kappa shape index (κ2) is 4.84. The quantitative estimate of drug-likeness (QED) is 0.838. The van der Waals surface area contributed by atoms with E-state index in [1.165, 1.54) is 6.26 Å². The lowest BCUT2D eigenvalue weighted by Crippen LogP contribution is -2.59. The van der Waals surface area contributed by atoms with Crippen molar-refractivity contribution in [3.8, 4) is 0 Å². The first kappa shape index (κ1) is 12.7. The lowest BCUT2D eigenvalue weighted by Gasteiger charge is -2.38. The highest BCUT2D eigenvalue weighted by Crippen LogP contribution is 2.32. The third kappa shape index (κ3) is 2.12. The Morgan fingerprint density at radius 1 is 1.50 bits per heavy atom. The topological polar surface area (TPSA) is 79.5 Å². The first-order valence-electron chi connectivity index (χ1n) is 6.21. The molecule has 0 atom stereocenters. The highest BCUT2D eigenvalue weighted by atomic mass is 16.4. The Balaban J connectivity index is 2.12. The first-order chi connectivity index (χ1) is 8.59. The van der Waals surface area contributed by atoms with Gasteiger partial charge in [0.15, 0.2) is 0 Å². The molecule has 1 heterocycles. The third-order valence-corrected chi connectivity index (χ3v) is 3.44. The molecule has 1 aliphatic rings. The number of aryl methyl sites for hydroxylation is 1. The van der Waals surface area contributed by atoms with Gasteiger partial charge in [-0.1, -0.05) is 6.92 Å². The number of hydrogen-bond acceptors (Lipinski definition) is 3. The highest BCUT2D eigenvalue weighted by molar-refractivity contribution is 5.98. The van der Waals surface area contributed by atoms with Gasteiger partial charge in [-0.05, 0) is 31.7 Å². The number of hydrogen-bond donors (Lipinski definition) is 2. The normalized spacial score (nSPS) is 16.9. The van der Waals surface area contributed by atoms with Gasteiger partial charge in [0, 0.05) is 6.42 Å². The van der Waals surface area contributed by atoms with Gasteiger partial charge in [0.2, 0.25) is 0 Å². The SMILES string of the molecule is CCCc1occc1C(=O)NC1(C(=O)O)CCC1. The molecule has 0 unspecified atom stereocenters. The van der Waals surface area contributed by atoms with Crippen LogP contribution in [-0.2, 0) is 11.2 Å². The van der Waals surface area contributed by atoms with Crippen LogP contribution in [0.5, 0.6) is 0 Å². The summed E-state index contributed by atoms with van der Waals surface area (Å²) in [4.78, 5) is 23.3. The van der Waals surface area contributed by atoms with E-state index in [4.69, 9.17) is 9.52 Å². The Morgan fingerprint density at radius 3 is 2.72 bits per heavy atom. The van der Waals surface area contributed by atoms with Gasteiger partial charge in [-0.2, -0.15) is 0 Å². The van der Waals surface area contributed by atoms with E-state index >= 15 is 0 Å². The van der Waals surface area contributed by atoms with Gasteiger partial charge in [-0.25, -0.2) is 4.79 Å². The van der Waals surface area contributed by atoms with E-state index < -0.39 is 11.5 Å². The smallest absolute Gasteiger partial charge is 0.329 e. The summed E-state index contributed by atoms with van der Waals surface area (Å²) in [5.74, 6) is -0.688. The summed E-state index contributed by atoms with van der Waals surface area (Å²) < 4.78 is 5.24. The average molecular weight is 251 g/mol. The summed E-state index contributed by atoms with van der Waals surface area (Å²) in [6, 6.07) is 1.59. The van der Waals surface area contributed by atoms with Crippen molar-refractivity contribution in [2.24, 2.45) is 0 Å². The van der Waals surface area contributed by atoms with Crippen molar-refractivity contribution in [2.75, 3.05) is 0 Å². The Bertz CT molecular complexity index is 459. The van der Waals surface area contributed by atoms with Gasteiger partial charge in [0.05, 0.1) is 11.8 Å². The zero-order valence-electron chi connectivity index (χ0n) is 10.4. The fraction of sp³-hybridized carbons (Fsp3) is 0.538. The minimum atomic E-state index is -1.07. The molecule has 0 bridgehead atoms. The van der Waals surface area contributed by atoms with Crippen LogP contribution in [0.3, 0.4) is 0 Å². The van der Waals surface area contributed by atoms with Gasteiger partial charge in [0.1, 0.15) is 11.3 Å². The van der Waals surface area contributed by atoms with Crippen LogP contribution in [0.2, 0.25) is 0 Å². The number of furan rings is 1. The van der Waals surface area contributed by atoms with E-state index in [9.17, 15) is 9.59 Å². The Labute approximate surface area is 105 Å². The van der Waals surface area contributed by atoms with Gasteiger partial charge in [-0.15, -0.1) is 0 Å². The van der Waals surface area contributed by atoms with Crippen molar-refractivity contribution < 1.29 is 19.1 Å². The molecule has 0 spiro atoms. The molecule has 1 fully saturated rings. The Hall–Kier alpha value is -1.78. The average Bonchev–Trinajstić information content (AvgIpc) is 2.71. The van der Waals surface area contributed by atoms with Gasteiger partial charge in [0.25, 0.3) is 5.91 Å². The number of carboxylic acids is 1. The van der Waals surface area contributed by atoms with Crippen LogP contribution < -0.4 is 5.32 Å². The molecule has 1 aromatic rings. The zero-order chi connectivity index (χ0) is 13.2. The van der Waals surface area contributed by atoms with Gasteiger partial charge >= 0.3 is 5.97 Å². The van der Waals surface area contributed by atoms with Crippen molar-refractivity contribution in [3.63, 3.8) is 0 Å². The van der Waals surface area contributed by atoms with E-state index in [1.807, 2.05) is 6.92 Å². The minimum Gasteiger partial charge on any atom is -0.480 e. The molecular formula is C13H17NO4. The fourth-order valence-electron chi connectivity index (χ4n) is 2.17. The number of rotatable bonds is 5. The molecular weight excluding hydrogens is 234 g/mol. The van der Waals surface area contributed by atoms with Crippen molar-refractivity contribution >= 4 is 11.9 Å². The number of carbonyl (C=O) groups excluding carboxylic acids is 1. The Kier molecular flexibility index (Phi) is 3.41. The lowest BCUT2D eigenvalue weighted by atomic mass is 9.76. The number of nitrogens with one attached hydrogen (secondary N) is 1. The maximum atomic E-state index is 12.1. The van der Waals surface area contributed by atoms with Crippen molar-refractivity contribution in [1.82, 2.24) is 5.32 Å². The van der Waals surface area contributed by atoms with E-state index in [0.29, 0.717) is 30.6 Å². The molecule has 98 valence electrons. The summed E-state index contributed by atoms with van der Waals surface area (Å²) >= 11 is 0. The molecule has 1 saturated carbocycles. The third-order valence-electron chi connectivity index (χ3n) is 3.44. The molecule has 0 radical (unpaired) electrons. The molecule has 2 N–H and O–H groups in total. The number of aliphatic carboxylic acids is 1. The highest BCUT2D eigenvalue weighted by Gasteiger charge is 2.46. The van der Waals surface area contributed by atoms with Crippen molar-refractivity contribution in [2.45, 2.75) is 44.6 Å². The second-order valence-electron chi connectivity index (χ2n) is 4.70. The van der Waals surface area contributed by atoms with E-state index in [-0.39, 0.29) is 5.91 Å². The molecule has 1 aliphatic carbocycles. The van der Waals surface area contributed by atoms with E-state index in [0.717, 1.165) is 12.8 Å². The monoisotopic (exact) mass is 251 g/mol. The fourth-order valence-corrected chi connectivity index (χ4v) is 2.17. The largest absolute Gasteiger partial charge is 0.480 e. The maximum Gasteiger partial charge on any atom is 0.329 e. The molecule has 0 saturated heterocycles. The zero-order valence-corrected chi connectivity index (χ0v) is 10.4. The predicted molar refractivity (Wildman–Crippen MR) is 64.4 cm³/mol. The van der Waals surface area contributed by atoms with Crippen LogP contribution in [0.15, 0.2) is 16.7 Å². The lowest BCUT2D eigenvalue weighted by molar-refractivity contribution is -0.148. The first-order valence-corrected chi connectivity index (χ1v) is 6.21. The van der Waals surface area contributed by atoms with E-state index in [2.05, 4.69) is 5.32 Å². The van der Waals surface area contributed by atoms with Gasteiger partial charge < -0.3 is 14.8 Å². The van der Waals surface area contributed by atoms with Crippen LogP contribution in [0.4, 0.5) is 0 Å². The molecule has 18 heavy (non-hydrogen) atoms. The van der Waals surface area contributed by atoms with Crippen LogP contribution >= 0.6 is 0 Å². The summed E-state index contributed by atoms with van der Waals surface area (Å²) in [6.45, 7) is 1.99. The molecule has 1 amide bonds. The molecule has 0 aromatic carbocycles. The maximum absolute atomic E-state index is 12.1. The molecule has 5 heteroatoms. The summed E-state index contributed by atoms with van der Waals surface area (Å²) in [6.07, 6.45) is 4.84. The van der Waals surface area contributed by atoms with Crippen molar-refractivity contribution in [1.29, 1.82) is 0 Å². The number of amides is 1. The van der Waals surface area contributed by atoms with Crippen molar-refractivity contribution in [3.05, 3.63) is 23.7 Å². The number of carboxylic acid groups (broad SMARTS) is 1. The molecule has 0 aliphatic heterocycles. The van der Waals surface area contributed by atoms with Gasteiger partial charge in [-0.3, -0.25) is 4.79 Å². The number of carbonyl (C=O) groups is 2. The van der Waals surface area contributed by atoms with Crippen LogP contribution in [0.25, 0.3) is 0 Å². The molecule has 2 rings (SSSR count). The minimum absolute atomic E-state index is 0.352. The van der Waals surface area contributed by atoms with Crippen LogP contribution in [0, 0.1) is 0 Å². The summed E-state index contributed by atoms with van der Waals surface area (Å²) in [7, 11) is 0. The summed E-state index contributed by atoms with van der Waals surface area (Å²) in [5, 5.41) is 11.8. The summed E-state index contributed by atoms with van der Waals surface area (Å²) in [5.41, 5.74) is -0.623. The Morgan fingerprint density at radius 2 is 2.22 bits per heavy atom. The van der Waals surface area contributed by atoms with E-state index in [1.54, 1.807) is 6.07 Å². The molecule has 1 aromatic heterocycles. The molecule has 5 nitrogen and oxygen atoms in total. The van der Waals surface area contributed by atoms with Crippen LogP contribution in [-0.4, -0.2) is 22.5 Å². The standard InChI is InChI=1S/C13H17NO4/c1-2-4-10-9(5-8-18-10)11(15)14-13(12(16)17)6-3-7-13/h5,8H,2-4,6-7H2,1H3,(H,14,15)(H,16,17).